The predicted octanol–water partition coefficient (Wildman–Crippen LogP) is 3.04. The van der Waals surface area contributed by atoms with Crippen LogP contribution in [-0.4, -0.2) is 31.0 Å². The number of methoxy groups -OCH3 is 2. The summed E-state index contributed by atoms with van der Waals surface area (Å²) < 4.78 is 9.76. The smallest absolute Gasteiger partial charge is 0.340 e. The number of nitrogens with zero attached hydrogens (tertiary/aromatic N) is 1. The van der Waals surface area contributed by atoms with Gasteiger partial charge in [-0.1, -0.05) is 0 Å². The number of nitro benzene ring substituents is 1. The molecule has 2 aromatic carbocycles. The van der Waals surface area contributed by atoms with E-state index in [-0.39, 0.29) is 16.9 Å². The summed E-state index contributed by atoms with van der Waals surface area (Å²) in [6, 6.07) is 10.3. The van der Waals surface area contributed by atoms with E-state index in [0.717, 1.165) is 0 Å². The first-order valence-corrected chi connectivity index (χ1v) is 7.44. The Bertz CT molecular complexity index is 858. The van der Waals surface area contributed by atoms with Crippen LogP contribution in [0.3, 0.4) is 0 Å². The molecule has 0 aromatic heterocycles. The number of hydrogen-bond acceptors (Lipinski definition) is 6. The van der Waals surface area contributed by atoms with Gasteiger partial charge in [0, 0.05) is 18.2 Å². The number of amides is 1. The lowest BCUT2D eigenvalue weighted by atomic mass is 10.1. The Morgan fingerprint density at radius 2 is 1.81 bits per heavy atom. The maximum atomic E-state index is 12.1. The summed E-state index contributed by atoms with van der Waals surface area (Å²) in [5.41, 5.74) is 1.01. The van der Waals surface area contributed by atoms with Gasteiger partial charge in [0.1, 0.15) is 5.75 Å². The van der Waals surface area contributed by atoms with Crippen molar-refractivity contribution in [2.45, 2.75) is 0 Å². The van der Waals surface area contributed by atoms with Gasteiger partial charge in [-0.2, -0.15) is 0 Å². The van der Waals surface area contributed by atoms with E-state index in [2.05, 4.69) is 5.32 Å². The highest BCUT2D eigenvalue weighted by molar-refractivity contribution is 6.06. The predicted molar refractivity (Wildman–Crippen MR) is 95.1 cm³/mol. The van der Waals surface area contributed by atoms with E-state index in [1.807, 2.05) is 0 Å². The molecule has 0 aliphatic rings. The number of carbonyl (C=O) groups is 2. The summed E-state index contributed by atoms with van der Waals surface area (Å²) in [5, 5.41) is 13.2. The van der Waals surface area contributed by atoms with Crippen LogP contribution in [-0.2, 0) is 9.53 Å². The minimum atomic E-state index is -0.612. The molecule has 1 N–H and O–H groups in total. The average molecular weight is 356 g/mol. The van der Waals surface area contributed by atoms with E-state index >= 15 is 0 Å². The number of rotatable bonds is 6. The van der Waals surface area contributed by atoms with Crippen LogP contribution in [0.4, 0.5) is 11.4 Å². The van der Waals surface area contributed by atoms with Crippen molar-refractivity contribution < 1.29 is 24.0 Å². The van der Waals surface area contributed by atoms with Crippen LogP contribution >= 0.6 is 0 Å². The molecule has 134 valence electrons. The second kappa shape index (κ2) is 8.43. The Labute approximate surface area is 149 Å². The standard InChI is InChI=1S/C18H16N2O6/c1-25-14-8-9-16(15(11-14)18(22)26-2)19-17(21)10-5-12-3-6-13(7-4-12)20(23)24/h3-11H,1-2H3,(H,19,21)/b10-5+. The van der Waals surface area contributed by atoms with Gasteiger partial charge in [0.25, 0.3) is 5.69 Å². The number of hydrogen-bond donors (Lipinski definition) is 1. The molecule has 0 fully saturated rings. The summed E-state index contributed by atoms with van der Waals surface area (Å²) in [4.78, 5) is 34.1. The molecule has 0 aliphatic carbocycles. The van der Waals surface area contributed by atoms with Crippen LogP contribution in [0.2, 0.25) is 0 Å². The van der Waals surface area contributed by atoms with E-state index in [0.29, 0.717) is 11.3 Å². The molecule has 0 saturated carbocycles. The summed E-state index contributed by atoms with van der Waals surface area (Å²) >= 11 is 0. The van der Waals surface area contributed by atoms with Gasteiger partial charge in [0.15, 0.2) is 0 Å². The van der Waals surface area contributed by atoms with Crippen LogP contribution in [0.1, 0.15) is 15.9 Å². The van der Waals surface area contributed by atoms with Crippen LogP contribution in [0.25, 0.3) is 6.08 Å². The van der Waals surface area contributed by atoms with Gasteiger partial charge >= 0.3 is 5.97 Å². The third kappa shape index (κ3) is 4.67. The number of carbonyl (C=O) groups excluding carboxylic acids is 2. The highest BCUT2D eigenvalue weighted by Gasteiger charge is 2.14. The van der Waals surface area contributed by atoms with E-state index < -0.39 is 16.8 Å². The summed E-state index contributed by atoms with van der Waals surface area (Å²) in [7, 11) is 2.70. The molecule has 2 rings (SSSR count). The van der Waals surface area contributed by atoms with Gasteiger partial charge in [-0.3, -0.25) is 14.9 Å². The molecule has 26 heavy (non-hydrogen) atoms. The second-order valence-electron chi connectivity index (χ2n) is 5.07. The fraction of sp³-hybridized carbons (Fsp3) is 0.111. The largest absolute Gasteiger partial charge is 0.497 e. The molecule has 0 spiro atoms. The van der Waals surface area contributed by atoms with Gasteiger partial charge in [0.2, 0.25) is 5.91 Å². The van der Waals surface area contributed by atoms with Gasteiger partial charge in [-0.05, 0) is 42.0 Å². The van der Waals surface area contributed by atoms with E-state index in [1.54, 1.807) is 6.07 Å². The number of ether oxygens (including phenoxy) is 2. The zero-order valence-corrected chi connectivity index (χ0v) is 14.1. The van der Waals surface area contributed by atoms with Crippen molar-refractivity contribution in [3.05, 3.63) is 69.8 Å². The van der Waals surface area contributed by atoms with Crippen LogP contribution in [0.5, 0.6) is 5.75 Å². The first-order chi connectivity index (χ1) is 12.4. The Morgan fingerprint density at radius 3 is 2.38 bits per heavy atom. The van der Waals surface area contributed by atoms with Crippen LogP contribution in [0, 0.1) is 10.1 Å². The van der Waals surface area contributed by atoms with E-state index in [4.69, 9.17) is 9.47 Å². The minimum Gasteiger partial charge on any atom is -0.497 e. The molecular weight excluding hydrogens is 340 g/mol. The van der Waals surface area contributed by atoms with Crippen molar-refractivity contribution in [3.8, 4) is 5.75 Å². The van der Waals surface area contributed by atoms with Gasteiger partial charge < -0.3 is 14.8 Å². The maximum Gasteiger partial charge on any atom is 0.340 e. The van der Waals surface area contributed by atoms with Gasteiger partial charge in [-0.25, -0.2) is 4.79 Å². The average Bonchev–Trinajstić information content (AvgIpc) is 2.66. The Kier molecular flexibility index (Phi) is 6.05. The lowest BCUT2D eigenvalue weighted by molar-refractivity contribution is -0.384. The molecule has 0 bridgehead atoms. The lowest BCUT2D eigenvalue weighted by Crippen LogP contribution is -2.13. The fourth-order valence-corrected chi connectivity index (χ4v) is 2.09. The van der Waals surface area contributed by atoms with Crippen molar-refractivity contribution in [1.29, 1.82) is 0 Å². The Hall–Kier alpha value is -3.68. The highest BCUT2D eigenvalue weighted by Crippen LogP contribution is 2.23. The Balaban J connectivity index is 2.14. The van der Waals surface area contributed by atoms with Crippen molar-refractivity contribution in [1.82, 2.24) is 0 Å². The lowest BCUT2D eigenvalue weighted by Gasteiger charge is -2.10. The first-order valence-electron chi connectivity index (χ1n) is 7.44. The molecular formula is C18H16N2O6. The molecule has 0 unspecified atom stereocenters. The number of esters is 1. The molecule has 0 aliphatic heterocycles. The molecule has 1 amide bonds. The third-order valence-corrected chi connectivity index (χ3v) is 3.42. The van der Waals surface area contributed by atoms with Crippen LogP contribution in [0.15, 0.2) is 48.5 Å². The molecule has 0 saturated heterocycles. The maximum absolute atomic E-state index is 12.1. The third-order valence-electron chi connectivity index (χ3n) is 3.42. The quantitative estimate of drug-likeness (QED) is 0.369. The number of anilines is 1. The zero-order valence-electron chi connectivity index (χ0n) is 14.1. The second-order valence-corrected chi connectivity index (χ2v) is 5.07. The number of nitro groups is 1. The molecule has 0 heterocycles. The van der Waals surface area contributed by atoms with E-state index in [9.17, 15) is 19.7 Å². The zero-order chi connectivity index (χ0) is 19.1. The molecule has 0 atom stereocenters. The minimum absolute atomic E-state index is 0.0347. The summed E-state index contributed by atoms with van der Waals surface area (Å²) in [5.74, 6) is -0.637. The molecule has 8 heteroatoms. The van der Waals surface area contributed by atoms with Crippen molar-refractivity contribution >= 4 is 29.3 Å². The number of non-ortho nitro benzene ring substituents is 1. The van der Waals surface area contributed by atoms with Gasteiger partial charge in [-0.15, -0.1) is 0 Å². The molecule has 2 aromatic rings. The Morgan fingerprint density at radius 1 is 1.12 bits per heavy atom. The van der Waals surface area contributed by atoms with Crippen molar-refractivity contribution in [2.24, 2.45) is 0 Å². The first kappa shape index (κ1) is 18.7. The highest BCUT2D eigenvalue weighted by atomic mass is 16.6. The van der Waals surface area contributed by atoms with Crippen molar-refractivity contribution in [2.75, 3.05) is 19.5 Å². The number of nitrogens with one attached hydrogen (secondary N) is 1. The van der Waals surface area contributed by atoms with Gasteiger partial charge in [0.05, 0.1) is 30.4 Å². The van der Waals surface area contributed by atoms with Crippen LogP contribution < -0.4 is 10.1 Å². The topological polar surface area (TPSA) is 108 Å². The summed E-state index contributed by atoms with van der Waals surface area (Å²) in [6.45, 7) is 0. The normalized spacial score (nSPS) is 10.4. The molecule has 0 radical (unpaired) electrons. The summed E-state index contributed by atoms with van der Waals surface area (Å²) in [6.07, 6.45) is 2.76. The monoisotopic (exact) mass is 356 g/mol. The fourth-order valence-electron chi connectivity index (χ4n) is 2.09. The SMILES string of the molecule is COC(=O)c1cc(OC)ccc1NC(=O)/C=C/c1ccc([N+](=O)[O-])cc1. The van der Waals surface area contributed by atoms with E-state index in [1.165, 1.54) is 62.8 Å². The number of benzene rings is 2. The van der Waals surface area contributed by atoms with Crippen molar-refractivity contribution in [3.63, 3.8) is 0 Å². The molecule has 8 nitrogen and oxygen atoms in total.